The van der Waals surface area contributed by atoms with Crippen molar-refractivity contribution in [1.29, 1.82) is 0 Å². The van der Waals surface area contributed by atoms with Gasteiger partial charge in [-0.25, -0.2) is 0 Å². The Labute approximate surface area is 123 Å². The van der Waals surface area contributed by atoms with Gasteiger partial charge in [0.15, 0.2) is 17.4 Å². The van der Waals surface area contributed by atoms with Crippen LogP contribution in [-0.2, 0) is 9.59 Å². The van der Waals surface area contributed by atoms with Gasteiger partial charge in [-0.15, -0.1) is 0 Å². The molecule has 0 aromatic heterocycles. The lowest BCUT2D eigenvalue weighted by molar-refractivity contribution is -0.142. The number of carbonyl (C=O) groups excluding carboxylic acids is 1. The van der Waals surface area contributed by atoms with Crippen molar-refractivity contribution in [3.8, 4) is 11.5 Å². The minimum absolute atomic E-state index is 0.0303. The summed E-state index contributed by atoms with van der Waals surface area (Å²) in [5.41, 5.74) is 0.316. The first-order valence-electron chi connectivity index (χ1n) is 6.10. The number of ether oxygens (including phenoxy) is 2. The normalized spacial score (nSPS) is 17.7. The van der Waals surface area contributed by atoms with Crippen molar-refractivity contribution < 1.29 is 33.0 Å². The number of methoxy groups -OCH3 is 1. The van der Waals surface area contributed by atoms with E-state index in [1.807, 2.05) is 0 Å². The van der Waals surface area contributed by atoms with Crippen molar-refractivity contribution in [3.05, 3.63) is 18.2 Å². The second-order valence-electron chi connectivity index (χ2n) is 4.38. The van der Waals surface area contributed by atoms with Gasteiger partial charge in [0.25, 0.3) is 5.91 Å². The van der Waals surface area contributed by atoms with E-state index in [9.17, 15) is 18.4 Å². The highest BCUT2D eigenvalue weighted by molar-refractivity contribution is 6.25. The van der Waals surface area contributed by atoms with E-state index in [-0.39, 0.29) is 22.9 Å². The number of carbonyl (C=O) groups is 2. The van der Waals surface area contributed by atoms with Crippen LogP contribution in [0.1, 0.15) is 6.92 Å². The molecule has 9 heteroatoms. The van der Waals surface area contributed by atoms with Crippen LogP contribution < -0.4 is 14.5 Å². The van der Waals surface area contributed by atoms with Gasteiger partial charge in [0.1, 0.15) is 0 Å². The van der Waals surface area contributed by atoms with Gasteiger partial charge < -0.3 is 14.6 Å². The number of benzene rings is 1. The number of hydrogen-bond acceptors (Lipinski definition) is 5. The summed E-state index contributed by atoms with van der Waals surface area (Å²) in [5, 5.41) is 13.8. The zero-order chi connectivity index (χ0) is 16.4. The van der Waals surface area contributed by atoms with Crippen molar-refractivity contribution in [3.63, 3.8) is 0 Å². The molecule has 1 unspecified atom stereocenters. The first kappa shape index (κ1) is 15.7. The molecule has 0 bridgehead atoms. The second-order valence-corrected chi connectivity index (χ2v) is 4.38. The van der Waals surface area contributed by atoms with Crippen molar-refractivity contribution in [2.75, 3.05) is 12.1 Å². The molecule has 0 aliphatic carbocycles. The van der Waals surface area contributed by atoms with Crippen LogP contribution in [0.2, 0.25) is 0 Å². The number of carboxylic acids is 1. The summed E-state index contributed by atoms with van der Waals surface area (Å²) in [5.74, 6) is -3.64. The largest absolute Gasteiger partial charge is 0.493 e. The molecule has 0 spiro atoms. The average Bonchev–Trinajstić information content (AvgIpc) is 2.73. The monoisotopic (exact) mass is 314 g/mol. The van der Waals surface area contributed by atoms with Crippen LogP contribution in [0.3, 0.4) is 0 Å². The van der Waals surface area contributed by atoms with E-state index in [0.717, 1.165) is 5.01 Å². The minimum Gasteiger partial charge on any atom is -0.493 e. The Morgan fingerprint density at radius 1 is 1.41 bits per heavy atom. The van der Waals surface area contributed by atoms with E-state index < -0.39 is 24.4 Å². The number of hydrazone groups is 1. The molecule has 1 atom stereocenters. The number of anilines is 1. The average molecular weight is 314 g/mol. The lowest BCUT2D eigenvalue weighted by Crippen LogP contribution is -2.32. The summed E-state index contributed by atoms with van der Waals surface area (Å²) in [6.07, 6.45) is 0. The first-order chi connectivity index (χ1) is 10.3. The smallest absolute Gasteiger partial charge is 0.387 e. The van der Waals surface area contributed by atoms with Crippen LogP contribution in [0.4, 0.5) is 14.5 Å². The lowest BCUT2D eigenvalue weighted by Gasteiger charge is -2.16. The topological polar surface area (TPSA) is 88.4 Å². The standard InChI is InChI=1S/C13H12F2N2O5/c1-6-10(12(19)20)11(18)17(16-6)7-3-4-8(22-13(14)15)9(5-7)21-2/h3-5,10,13H,1-2H3,(H,19,20). The molecule has 1 N–H and O–H groups in total. The molecule has 0 radical (unpaired) electrons. The van der Waals surface area contributed by atoms with E-state index in [2.05, 4.69) is 9.84 Å². The molecule has 7 nitrogen and oxygen atoms in total. The lowest BCUT2D eigenvalue weighted by atomic mass is 10.1. The molecule has 1 aromatic carbocycles. The minimum atomic E-state index is -3.02. The maximum absolute atomic E-state index is 12.3. The zero-order valence-electron chi connectivity index (χ0n) is 11.6. The zero-order valence-corrected chi connectivity index (χ0v) is 11.6. The number of amides is 1. The van der Waals surface area contributed by atoms with Gasteiger partial charge >= 0.3 is 12.6 Å². The molecule has 2 rings (SSSR count). The number of aliphatic carboxylic acids is 1. The summed E-state index contributed by atoms with van der Waals surface area (Å²) >= 11 is 0. The third-order valence-electron chi connectivity index (χ3n) is 2.99. The summed E-state index contributed by atoms with van der Waals surface area (Å²) in [4.78, 5) is 23.1. The van der Waals surface area contributed by atoms with Crippen LogP contribution in [-0.4, -0.2) is 36.4 Å². The van der Waals surface area contributed by atoms with Crippen molar-refractivity contribution in [2.24, 2.45) is 11.0 Å². The Balaban J connectivity index is 2.34. The summed E-state index contributed by atoms with van der Waals surface area (Å²) in [6, 6.07) is 3.75. The van der Waals surface area contributed by atoms with Crippen LogP contribution in [0.15, 0.2) is 23.3 Å². The summed E-state index contributed by atoms with van der Waals surface area (Å²) < 4.78 is 33.7. The Bertz CT molecular complexity index is 647. The molecular formula is C13H12F2N2O5. The van der Waals surface area contributed by atoms with Crippen LogP contribution in [0, 0.1) is 5.92 Å². The molecule has 1 aliphatic heterocycles. The third-order valence-corrected chi connectivity index (χ3v) is 2.99. The van der Waals surface area contributed by atoms with Crippen LogP contribution in [0.25, 0.3) is 0 Å². The number of hydrogen-bond donors (Lipinski definition) is 1. The van der Waals surface area contributed by atoms with Gasteiger partial charge in [-0.3, -0.25) is 9.59 Å². The Kier molecular flexibility index (Phi) is 4.25. The maximum Gasteiger partial charge on any atom is 0.387 e. The van der Waals surface area contributed by atoms with Gasteiger partial charge in [-0.1, -0.05) is 0 Å². The van der Waals surface area contributed by atoms with E-state index in [4.69, 9.17) is 9.84 Å². The summed E-state index contributed by atoms with van der Waals surface area (Å²) in [6.45, 7) is -1.60. The van der Waals surface area contributed by atoms with Gasteiger partial charge in [0.2, 0.25) is 0 Å². The number of rotatable bonds is 5. The highest BCUT2D eigenvalue weighted by Gasteiger charge is 2.40. The number of carboxylic acid groups (broad SMARTS) is 1. The van der Waals surface area contributed by atoms with Crippen LogP contribution >= 0.6 is 0 Å². The quantitative estimate of drug-likeness (QED) is 0.836. The highest BCUT2D eigenvalue weighted by Crippen LogP contribution is 2.34. The summed E-state index contributed by atoms with van der Waals surface area (Å²) in [7, 11) is 1.25. The van der Waals surface area contributed by atoms with E-state index in [1.165, 1.54) is 32.2 Å². The third kappa shape index (κ3) is 2.83. The Morgan fingerprint density at radius 2 is 2.09 bits per heavy atom. The van der Waals surface area contributed by atoms with Crippen molar-refractivity contribution in [2.45, 2.75) is 13.5 Å². The maximum atomic E-state index is 12.3. The molecule has 0 saturated heterocycles. The van der Waals surface area contributed by atoms with Gasteiger partial charge in [0.05, 0.1) is 18.5 Å². The predicted octanol–water partition coefficient (Wildman–Crippen LogP) is 1.72. The molecule has 0 saturated carbocycles. The molecule has 22 heavy (non-hydrogen) atoms. The van der Waals surface area contributed by atoms with E-state index in [0.29, 0.717) is 0 Å². The molecule has 118 valence electrons. The van der Waals surface area contributed by atoms with Crippen molar-refractivity contribution >= 4 is 23.3 Å². The van der Waals surface area contributed by atoms with Gasteiger partial charge in [-0.05, 0) is 19.1 Å². The predicted molar refractivity (Wildman–Crippen MR) is 71.3 cm³/mol. The fraction of sp³-hybridized carbons (Fsp3) is 0.308. The molecule has 1 aliphatic rings. The van der Waals surface area contributed by atoms with E-state index >= 15 is 0 Å². The second kappa shape index (κ2) is 5.96. The van der Waals surface area contributed by atoms with Gasteiger partial charge in [-0.2, -0.15) is 18.9 Å². The molecule has 0 fully saturated rings. The van der Waals surface area contributed by atoms with E-state index in [1.54, 1.807) is 0 Å². The molecule has 1 amide bonds. The number of nitrogens with zero attached hydrogens (tertiary/aromatic N) is 2. The molecule has 1 aromatic rings. The Morgan fingerprint density at radius 3 is 2.59 bits per heavy atom. The fourth-order valence-corrected chi connectivity index (χ4v) is 2.02. The SMILES string of the molecule is COc1cc(N2N=C(C)C(C(=O)O)C2=O)ccc1OC(F)F. The van der Waals surface area contributed by atoms with Gasteiger partial charge in [0, 0.05) is 6.07 Å². The number of alkyl halides is 2. The van der Waals surface area contributed by atoms with Crippen LogP contribution in [0.5, 0.6) is 11.5 Å². The molecular weight excluding hydrogens is 302 g/mol. The highest BCUT2D eigenvalue weighted by atomic mass is 19.3. The first-order valence-corrected chi connectivity index (χ1v) is 6.10. The Hall–Kier alpha value is -2.71. The number of halogens is 2. The molecule has 1 heterocycles. The van der Waals surface area contributed by atoms with Crippen molar-refractivity contribution in [1.82, 2.24) is 0 Å². The fourth-order valence-electron chi connectivity index (χ4n) is 2.02.